The van der Waals surface area contributed by atoms with Gasteiger partial charge in [-0.15, -0.1) is 11.3 Å². The van der Waals surface area contributed by atoms with Crippen molar-refractivity contribution < 1.29 is 17.9 Å². The van der Waals surface area contributed by atoms with E-state index in [1.54, 1.807) is 6.07 Å². The number of anilines is 1. The molecule has 2 aliphatic rings. The average Bonchev–Trinajstić information content (AvgIpc) is 3.15. The summed E-state index contributed by atoms with van der Waals surface area (Å²) in [5.74, 6) is -0.196. The third-order valence-electron chi connectivity index (χ3n) is 5.58. The Morgan fingerprint density at radius 3 is 3.03 bits per heavy atom. The number of carbonyl (C=O) groups excluding carboxylic acids is 1. The van der Waals surface area contributed by atoms with Crippen LogP contribution in [0.4, 0.5) is 5.82 Å². The van der Waals surface area contributed by atoms with Gasteiger partial charge < -0.3 is 15.4 Å². The van der Waals surface area contributed by atoms with Crippen molar-refractivity contribution in [3.8, 4) is 0 Å². The van der Waals surface area contributed by atoms with Crippen LogP contribution in [0.2, 0.25) is 5.02 Å². The van der Waals surface area contributed by atoms with Gasteiger partial charge in [0.25, 0.3) is 5.91 Å². The Hall–Kier alpha value is -2.21. The van der Waals surface area contributed by atoms with Gasteiger partial charge in [-0.3, -0.25) is 10.2 Å². The molecule has 0 saturated carbocycles. The molecule has 166 valence electrons. The predicted molar refractivity (Wildman–Crippen MR) is 119 cm³/mol. The molecule has 0 spiro atoms. The molecular formula is C19H22ClN5O4S2. The van der Waals surface area contributed by atoms with Crippen LogP contribution < -0.4 is 10.6 Å². The minimum atomic E-state index is -3.84. The maximum absolute atomic E-state index is 13.0. The van der Waals surface area contributed by atoms with E-state index in [-0.39, 0.29) is 23.5 Å². The molecule has 1 amide bonds. The van der Waals surface area contributed by atoms with Crippen molar-refractivity contribution in [3.05, 3.63) is 44.7 Å². The van der Waals surface area contributed by atoms with Crippen LogP contribution in [0.1, 0.15) is 33.6 Å². The first kappa shape index (κ1) is 22.0. The summed E-state index contributed by atoms with van der Waals surface area (Å²) in [5, 5.41) is 13.3. The summed E-state index contributed by atoms with van der Waals surface area (Å²) in [5.41, 5.74) is -0.285. The Labute approximate surface area is 189 Å². The topological polar surface area (TPSA) is 124 Å². The van der Waals surface area contributed by atoms with Gasteiger partial charge in [-0.25, -0.2) is 17.7 Å². The number of ether oxygens (including phenoxy) is 1. The SMILES string of the molecule is CCc1cccc(NC(=O)c2cc(Cl)c([C@]34CCOCC3S(=O)(=O)N(C)C(=N)N4)s2)n1. The Balaban J connectivity index is 1.70. The van der Waals surface area contributed by atoms with E-state index in [1.807, 2.05) is 19.1 Å². The zero-order valence-corrected chi connectivity index (χ0v) is 19.3. The van der Waals surface area contributed by atoms with Crippen molar-refractivity contribution in [1.29, 1.82) is 5.41 Å². The molecular weight excluding hydrogens is 462 g/mol. The van der Waals surface area contributed by atoms with Crippen molar-refractivity contribution in [2.24, 2.45) is 0 Å². The molecule has 2 saturated heterocycles. The Kier molecular flexibility index (Phi) is 5.71. The first-order chi connectivity index (χ1) is 14.7. The average molecular weight is 484 g/mol. The van der Waals surface area contributed by atoms with Gasteiger partial charge in [0.05, 0.1) is 26.9 Å². The largest absolute Gasteiger partial charge is 0.380 e. The van der Waals surface area contributed by atoms with Crippen LogP contribution in [-0.4, -0.2) is 55.1 Å². The van der Waals surface area contributed by atoms with Crippen LogP contribution in [0.5, 0.6) is 0 Å². The number of rotatable bonds is 4. The summed E-state index contributed by atoms with van der Waals surface area (Å²) in [6.07, 6.45) is 1.04. The summed E-state index contributed by atoms with van der Waals surface area (Å²) in [6, 6.07) is 6.92. The number of nitrogens with zero attached hydrogens (tertiary/aromatic N) is 2. The van der Waals surface area contributed by atoms with Crippen LogP contribution in [0.3, 0.4) is 0 Å². The lowest BCUT2D eigenvalue weighted by molar-refractivity contribution is 0.0442. The maximum Gasteiger partial charge on any atom is 0.266 e. The first-order valence-electron chi connectivity index (χ1n) is 9.68. The summed E-state index contributed by atoms with van der Waals surface area (Å²) < 4.78 is 32.4. The molecule has 0 aromatic carbocycles. The lowest BCUT2D eigenvalue weighted by Crippen LogP contribution is -2.69. The van der Waals surface area contributed by atoms with Crippen molar-refractivity contribution in [2.45, 2.75) is 30.6 Å². The van der Waals surface area contributed by atoms with Crippen molar-refractivity contribution in [3.63, 3.8) is 0 Å². The number of hydrogen-bond acceptors (Lipinski definition) is 7. The van der Waals surface area contributed by atoms with Gasteiger partial charge >= 0.3 is 0 Å². The van der Waals surface area contributed by atoms with E-state index in [9.17, 15) is 13.2 Å². The van der Waals surface area contributed by atoms with Gasteiger partial charge in [0, 0.05) is 25.8 Å². The molecule has 2 aliphatic heterocycles. The third kappa shape index (κ3) is 3.69. The highest BCUT2D eigenvalue weighted by Gasteiger charge is 2.57. The van der Waals surface area contributed by atoms with E-state index in [0.717, 1.165) is 27.8 Å². The van der Waals surface area contributed by atoms with Crippen LogP contribution in [0, 0.1) is 5.41 Å². The molecule has 4 rings (SSSR count). The molecule has 1 unspecified atom stereocenters. The number of sulfonamides is 1. The number of thiophene rings is 1. The molecule has 2 aromatic rings. The number of nitrogens with one attached hydrogen (secondary N) is 3. The summed E-state index contributed by atoms with van der Waals surface area (Å²) in [4.78, 5) is 18.1. The van der Waals surface area contributed by atoms with Crippen LogP contribution in [-0.2, 0) is 26.7 Å². The highest BCUT2D eigenvalue weighted by molar-refractivity contribution is 7.90. The quantitative estimate of drug-likeness (QED) is 0.613. The highest BCUT2D eigenvalue weighted by atomic mass is 35.5. The van der Waals surface area contributed by atoms with Crippen molar-refractivity contribution in [2.75, 3.05) is 25.6 Å². The standard InChI is InChI=1S/C19H22ClN5O4S2/c1-3-11-5-4-6-15(22-11)23-17(26)13-9-12(20)16(30-13)19-7-8-29-10-14(19)31(27,28)25(2)18(21)24-19/h4-6,9,14H,3,7-8,10H2,1-2H3,(H2,21,24)(H,22,23,26)/t14?,19-/m0/s1. The van der Waals surface area contributed by atoms with Gasteiger partial charge in [-0.05, 0) is 24.6 Å². The van der Waals surface area contributed by atoms with Gasteiger partial charge in [0.1, 0.15) is 11.1 Å². The van der Waals surface area contributed by atoms with Gasteiger partial charge in [-0.2, -0.15) is 0 Å². The van der Waals surface area contributed by atoms with Gasteiger partial charge in [-0.1, -0.05) is 24.6 Å². The number of pyridine rings is 1. The van der Waals surface area contributed by atoms with E-state index in [2.05, 4.69) is 15.6 Å². The van der Waals surface area contributed by atoms with Crippen LogP contribution >= 0.6 is 22.9 Å². The Bertz CT molecular complexity index is 1150. The summed E-state index contributed by atoms with van der Waals surface area (Å²) in [7, 11) is -2.51. The fourth-order valence-electron chi connectivity index (χ4n) is 3.84. The van der Waals surface area contributed by atoms with E-state index >= 15 is 0 Å². The number of hydrogen-bond donors (Lipinski definition) is 3. The number of aryl methyl sites for hydroxylation is 1. The molecule has 12 heteroatoms. The van der Waals surface area contributed by atoms with E-state index in [1.165, 1.54) is 13.1 Å². The number of amides is 1. The molecule has 2 atom stereocenters. The molecule has 2 fully saturated rings. The predicted octanol–water partition coefficient (Wildman–Crippen LogP) is 2.39. The maximum atomic E-state index is 13.0. The number of fused-ring (bicyclic) bond motifs is 1. The summed E-state index contributed by atoms with van der Waals surface area (Å²) >= 11 is 7.63. The van der Waals surface area contributed by atoms with Crippen molar-refractivity contribution in [1.82, 2.24) is 14.6 Å². The second kappa shape index (κ2) is 8.05. The molecule has 4 heterocycles. The number of halogens is 1. The van der Waals surface area contributed by atoms with Gasteiger partial charge in [0.15, 0.2) is 0 Å². The number of aromatic nitrogens is 1. The lowest BCUT2D eigenvalue weighted by atomic mass is 9.87. The third-order valence-corrected chi connectivity index (χ3v) is 9.51. The van der Waals surface area contributed by atoms with E-state index < -0.39 is 20.8 Å². The minimum absolute atomic E-state index is 0.0313. The van der Waals surface area contributed by atoms with Gasteiger partial charge in [0.2, 0.25) is 16.0 Å². The van der Waals surface area contributed by atoms with Crippen LogP contribution in [0.25, 0.3) is 0 Å². The fraction of sp³-hybridized carbons (Fsp3) is 0.421. The molecule has 2 aromatic heterocycles. The lowest BCUT2D eigenvalue weighted by Gasteiger charge is -2.49. The normalized spacial score (nSPS) is 24.9. The molecule has 0 aliphatic carbocycles. The second-order valence-electron chi connectivity index (χ2n) is 7.38. The molecule has 31 heavy (non-hydrogen) atoms. The summed E-state index contributed by atoms with van der Waals surface area (Å²) in [6.45, 7) is 2.25. The number of guanidine groups is 1. The second-order valence-corrected chi connectivity index (χ2v) is 11.0. The molecule has 3 N–H and O–H groups in total. The van der Waals surface area contributed by atoms with Crippen LogP contribution in [0.15, 0.2) is 24.3 Å². The number of carbonyl (C=O) groups is 1. The Morgan fingerprint density at radius 1 is 1.52 bits per heavy atom. The monoisotopic (exact) mass is 483 g/mol. The molecule has 0 radical (unpaired) electrons. The first-order valence-corrected chi connectivity index (χ1v) is 12.4. The van der Waals surface area contributed by atoms with Crippen molar-refractivity contribution >= 4 is 50.6 Å². The Morgan fingerprint density at radius 2 is 2.29 bits per heavy atom. The minimum Gasteiger partial charge on any atom is -0.380 e. The van der Waals surface area contributed by atoms with E-state index in [4.69, 9.17) is 21.7 Å². The van der Waals surface area contributed by atoms with E-state index in [0.29, 0.717) is 28.6 Å². The zero-order valence-electron chi connectivity index (χ0n) is 16.9. The zero-order chi connectivity index (χ0) is 22.4. The molecule has 0 bridgehead atoms. The highest BCUT2D eigenvalue weighted by Crippen LogP contribution is 2.46. The smallest absolute Gasteiger partial charge is 0.266 e. The fourth-order valence-corrected chi connectivity index (χ4v) is 7.30. The molecule has 9 nitrogen and oxygen atoms in total.